The molecule has 322 valence electrons. The maximum atomic E-state index is 2.46. The van der Waals surface area contributed by atoms with Crippen molar-refractivity contribution in [2.75, 3.05) is 4.90 Å². The Hall–Kier alpha value is -9.04. The Labute approximate surface area is 402 Å². The average Bonchev–Trinajstić information content (AvgIpc) is 3.43. The molecule has 0 spiro atoms. The van der Waals surface area contributed by atoms with Crippen LogP contribution < -0.4 is 4.90 Å². The summed E-state index contributed by atoms with van der Waals surface area (Å²) in [6, 6.07) is 100. The lowest BCUT2D eigenvalue weighted by Gasteiger charge is -2.26. The molecule has 1 heteroatoms. The van der Waals surface area contributed by atoms with Crippen LogP contribution in [0.1, 0.15) is 0 Å². The summed E-state index contributed by atoms with van der Waals surface area (Å²) in [6.07, 6.45) is 0. The van der Waals surface area contributed by atoms with Crippen LogP contribution in [0.4, 0.5) is 17.1 Å². The number of hydrogen-bond acceptors (Lipinski definition) is 1. The SMILES string of the molecule is c1ccc(-c2ccc3c(c2)c2cc(-c4cccc5ccccc45)ccc2c2c(-c4ccc(N(c5ccccc5)c5ccc6ccccc6c5)cc4)c(-c4ccccc4)cc(-c4ccccc4)c32)cc1. The molecule has 0 saturated heterocycles. The van der Waals surface area contributed by atoms with Crippen molar-refractivity contribution >= 4 is 70.9 Å². The molecule has 0 aliphatic rings. The molecule has 69 heavy (non-hydrogen) atoms. The van der Waals surface area contributed by atoms with Gasteiger partial charge >= 0.3 is 0 Å². The van der Waals surface area contributed by atoms with Gasteiger partial charge in [-0.3, -0.25) is 0 Å². The molecule has 0 radical (unpaired) electrons. The Morgan fingerprint density at radius 3 is 1.42 bits per heavy atom. The van der Waals surface area contributed by atoms with E-state index in [2.05, 4.69) is 278 Å². The largest absolute Gasteiger partial charge is 0.310 e. The van der Waals surface area contributed by atoms with Crippen molar-refractivity contribution in [1.29, 1.82) is 0 Å². The van der Waals surface area contributed by atoms with Gasteiger partial charge in [0.05, 0.1) is 0 Å². The van der Waals surface area contributed by atoms with Crippen LogP contribution in [0.3, 0.4) is 0 Å². The van der Waals surface area contributed by atoms with Gasteiger partial charge in [-0.25, -0.2) is 0 Å². The number of hydrogen-bond donors (Lipinski definition) is 0. The molecule has 0 unspecified atom stereocenters. The van der Waals surface area contributed by atoms with Gasteiger partial charge in [-0.15, -0.1) is 0 Å². The van der Waals surface area contributed by atoms with Crippen LogP contribution in [0.15, 0.2) is 273 Å². The quantitative estimate of drug-likeness (QED) is 0.138. The van der Waals surface area contributed by atoms with Crippen molar-refractivity contribution in [3.05, 3.63) is 273 Å². The molecule has 13 aromatic rings. The van der Waals surface area contributed by atoms with Crippen LogP contribution in [0.5, 0.6) is 0 Å². The number of benzene rings is 13. The topological polar surface area (TPSA) is 3.24 Å². The summed E-state index contributed by atoms with van der Waals surface area (Å²) < 4.78 is 0. The summed E-state index contributed by atoms with van der Waals surface area (Å²) in [5.41, 5.74) is 15.3. The molecule has 13 aromatic carbocycles. The fourth-order valence-corrected chi connectivity index (χ4v) is 10.8. The Bertz CT molecular complexity index is 4020. The maximum Gasteiger partial charge on any atom is 0.0468 e. The molecular weight excluding hydrogens is 831 g/mol. The third-order valence-corrected chi connectivity index (χ3v) is 14.0. The highest BCUT2D eigenvalue weighted by atomic mass is 15.1. The zero-order valence-corrected chi connectivity index (χ0v) is 37.9. The molecule has 0 atom stereocenters. The minimum Gasteiger partial charge on any atom is -0.310 e. The highest BCUT2D eigenvalue weighted by Gasteiger charge is 2.23. The van der Waals surface area contributed by atoms with Crippen molar-refractivity contribution in [1.82, 2.24) is 0 Å². The first-order chi connectivity index (χ1) is 34.2. The zero-order valence-electron chi connectivity index (χ0n) is 37.9. The first-order valence-electron chi connectivity index (χ1n) is 23.8. The second kappa shape index (κ2) is 17.0. The molecule has 0 amide bonds. The smallest absolute Gasteiger partial charge is 0.0468 e. The minimum atomic E-state index is 1.09. The lowest BCUT2D eigenvalue weighted by molar-refractivity contribution is 1.29. The molecule has 0 fully saturated rings. The molecule has 0 aliphatic heterocycles. The van der Waals surface area contributed by atoms with E-state index < -0.39 is 0 Å². The van der Waals surface area contributed by atoms with Crippen LogP contribution in [0.2, 0.25) is 0 Å². The predicted octanol–water partition coefficient (Wildman–Crippen LogP) is 19.3. The Morgan fingerprint density at radius 2 is 0.710 bits per heavy atom. The van der Waals surface area contributed by atoms with Crippen LogP contribution in [-0.4, -0.2) is 0 Å². The second-order valence-corrected chi connectivity index (χ2v) is 18.0. The van der Waals surface area contributed by atoms with Crippen molar-refractivity contribution < 1.29 is 0 Å². The van der Waals surface area contributed by atoms with Gasteiger partial charge in [-0.1, -0.05) is 218 Å². The van der Waals surface area contributed by atoms with Gasteiger partial charge in [-0.2, -0.15) is 0 Å². The van der Waals surface area contributed by atoms with Gasteiger partial charge in [0, 0.05) is 17.1 Å². The number of para-hydroxylation sites is 1. The monoisotopic (exact) mass is 875 g/mol. The number of anilines is 3. The van der Waals surface area contributed by atoms with E-state index in [0.717, 1.165) is 22.6 Å². The van der Waals surface area contributed by atoms with E-state index in [9.17, 15) is 0 Å². The Balaban J connectivity index is 1.13. The summed E-state index contributed by atoms with van der Waals surface area (Å²) in [5.74, 6) is 0. The van der Waals surface area contributed by atoms with Crippen molar-refractivity contribution in [2.24, 2.45) is 0 Å². The van der Waals surface area contributed by atoms with Gasteiger partial charge in [0.1, 0.15) is 0 Å². The van der Waals surface area contributed by atoms with E-state index in [1.165, 1.54) is 104 Å². The molecular formula is C68H45N. The van der Waals surface area contributed by atoms with E-state index in [1.54, 1.807) is 0 Å². The predicted molar refractivity (Wildman–Crippen MR) is 296 cm³/mol. The Kier molecular flexibility index (Phi) is 9.91. The highest BCUT2D eigenvalue weighted by Crippen LogP contribution is 2.51. The van der Waals surface area contributed by atoms with Gasteiger partial charge < -0.3 is 4.90 Å². The lowest BCUT2D eigenvalue weighted by atomic mass is 9.80. The number of rotatable bonds is 8. The lowest BCUT2D eigenvalue weighted by Crippen LogP contribution is -2.09. The molecule has 0 aliphatic carbocycles. The number of fused-ring (bicyclic) bond motifs is 8. The van der Waals surface area contributed by atoms with Crippen LogP contribution >= 0.6 is 0 Å². The standard InChI is InChI=1S/C68H45N/c1-5-18-46(19-6-1)53-35-40-60-64(43-53)65-44-54(59-31-17-27-48-25-15-16-30-58(48)59)36-41-61(65)68-66(62(49-21-7-2-8-22-49)45-63(67(60)68)50-23-9-3-10-24-50)51-33-37-56(38-34-51)69(55-28-11-4-12-29-55)57-39-32-47-20-13-14-26-52(47)42-57/h1-45H. The molecule has 0 heterocycles. The van der Waals surface area contributed by atoms with Crippen molar-refractivity contribution in [3.63, 3.8) is 0 Å². The minimum absolute atomic E-state index is 1.09. The van der Waals surface area contributed by atoms with E-state index in [1.807, 2.05) is 0 Å². The third kappa shape index (κ3) is 7.12. The average molecular weight is 876 g/mol. The maximum absolute atomic E-state index is 2.46. The number of nitrogens with zero attached hydrogens (tertiary/aromatic N) is 1. The summed E-state index contributed by atoms with van der Waals surface area (Å²) in [5, 5.41) is 12.3. The zero-order chi connectivity index (χ0) is 45.7. The van der Waals surface area contributed by atoms with Crippen LogP contribution in [-0.2, 0) is 0 Å². The molecule has 13 rings (SSSR count). The first kappa shape index (κ1) is 40.3. The first-order valence-corrected chi connectivity index (χ1v) is 23.8. The van der Waals surface area contributed by atoms with Crippen LogP contribution in [0.25, 0.3) is 109 Å². The molecule has 0 N–H and O–H groups in total. The summed E-state index contributed by atoms with van der Waals surface area (Å²) in [7, 11) is 0. The normalized spacial score (nSPS) is 11.5. The summed E-state index contributed by atoms with van der Waals surface area (Å²) in [4.78, 5) is 2.37. The van der Waals surface area contributed by atoms with Crippen molar-refractivity contribution in [3.8, 4) is 55.6 Å². The van der Waals surface area contributed by atoms with Gasteiger partial charge in [0.25, 0.3) is 0 Å². The van der Waals surface area contributed by atoms with Gasteiger partial charge in [0.2, 0.25) is 0 Å². The molecule has 1 nitrogen and oxygen atoms in total. The molecule has 0 bridgehead atoms. The van der Waals surface area contributed by atoms with E-state index in [0.29, 0.717) is 0 Å². The van der Waals surface area contributed by atoms with E-state index >= 15 is 0 Å². The Morgan fingerprint density at radius 1 is 0.203 bits per heavy atom. The molecule has 0 aromatic heterocycles. The second-order valence-electron chi connectivity index (χ2n) is 18.0. The van der Waals surface area contributed by atoms with Gasteiger partial charge in [-0.05, 0) is 164 Å². The fourth-order valence-electron chi connectivity index (χ4n) is 10.8. The summed E-state index contributed by atoms with van der Waals surface area (Å²) in [6.45, 7) is 0. The van der Waals surface area contributed by atoms with E-state index in [4.69, 9.17) is 0 Å². The summed E-state index contributed by atoms with van der Waals surface area (Å²) >= 11 is 0. The highest BCUT2D eigenvalue weighted by molar-refractivity contribution is 6.33. The fraction of sp³-hybridized carbons (Fsp3) is 0. The van der Waals surface area contributed by atoms with Crippen LogP contribution in [0, 0.1) is 0 Å². The van der Waals surface area contributed by atoms with Crippen molar-refractivity contribution in [2.45, 2.75) is 0 Å². The molecule has 0 saturated carbocycles. The third-order valence-electron chi connectivity index (χ3n) is 14.0. The van der Waals surface area contributed by atoms with Gasteiger partial charge in [0.15, 0.2) is 0 Å². The van der Waals surface area contributed by atoms with E-state index in [-0.39, 0.29) is 0 Å².